The lowest BCUT2D eigenvalue weighted by Crippen LogP contribution is -2.06. The van der Waals surface area contributed by atoms with Crippen LogP contribution in [-0.2, 0) is 4.74 Å². The molecule has 0 amide bonds. The summed E-state index contributed by atoms with van der Waals surface area (Å²) in [4.78, 5) is 23.6. The number of carbonyl (C=O) groups excluding carboxylic acids is 1. The molecule has 2 aromatic heterocycles. The van der Waals surface area contributed by atoms with E-state index < -0.39 is 17.4 Å². The number of halogens is 1. The largest absolute Gasteiger partial charge is 0.461 e. The van der Waals surface area contributed by atoms with E-state index in [0.29, 0.717) is 0 Å². The molecule has 0 atom stereocenters. The number of ether oxygens (including phenoxy) is 1. The third kappa shape index (κ3) is 1.67. The van der Waals surface area contributed by atoms with E-state index in [0.717, 1.165) is 0 Å². The number of nitrogens with one attached hydrogen (secondary N) is 1. The summed E-state index contributed by atoms with van der Waals surface area (Å²) in [5.74, 6) is -1.31. The van der Waals surface area contributed by atoms with Gasteiger partial charge in [-0.1, -0.05) is 6.07 Å². The van der Waals surface area contributed by atoms with Gasteiger partial charge in [-0.25, -0.2) is 14.0 Å². The third-order valence-electron chi connectivity index (χ3n) is 2.87. The van der Waals surface area contributed by atoms with Gasteiger partial charge in [0.1, 0.15) is 11.4 Å². The first kappa shape index (κ1) is 12.3. The molecule has 7 heteroatoms. The molecule has 0 fully saturated rings. The van der Waals surface area contributed by atoms with Gasteiger partial charge in [-0.05, 0) is 19.1 Å². The van der Waals surface area contributed by atoms with Gasteiger partial charge >= 0.3 is 11.6 Å². The summed E-state index contributed by atoms with van der Waals surface area (Å²) in [5.41, 5.74) is -0.894. The van der Waals surface area contributed by atoms with Crippen LogP contribution in [0.4, 0.5) is 4.39 Å². The molecule has 0 aliphatic rings. The van der Waals surface area contributed by atoms with Gasteiger partial charge in [0.05, 0.1) is 17.4 Å². The topological polar surface area (TPSA) is 85.2 Å². The van der Waals surface area contributed by atoms with E-state index in [1.54, 1.807) is 6.92 Å². The standard InChI is InChI=1S/C13H9FN2O4/c1-2-19-12(17)10-9-8-6(14)4-3-5-7(8)20-13(18)11(9)16-15-10/h3-5H,2H2,1H3,(H,15,16). The number of aromatic nitrogens is 2. The van der Waals surface area contributed by atoms with Crippen LogP contribution in [0.3, 0.4) is 0 Å². The molecule has 0 bridgehead atoms. The Balaban J connectivity index is 2.48. The molecule has 2 heterocycles. The Hall–Kier alpha value is -2.70. The number of aromatic amines is 1. The Labute approximate surface area is 111 Å². The van der Waals surface area contributed by atoms with Crippen LogP contribution in [0.2, 0.25) is 0 Å². The second kappa shape index (κ2) is 4.44. The van der Waals surface area contributed by atoms with Crippen LogP contribution < -0.4 is 5.63 Å². The molecule has 3 aromatic rings. The number of rotatable bonds is 2. The minimum Gasteiger partial charge on any atom is -0.461 e. The van der Waals surface area contributed by atoms with E-state index in [1.165, 1.54) is 18.2 Å². The summed E-state index contributed by atoms with van der Waals surface area (Å²) in [6.45, 7) is 1.80. The maximum Gasteiger partial charge on any atom is 0.364 e. The normalized spacial score (nSPS) is 11.1. The number of nitrogens with zero attached hydrogens (tertiary/aromatic N) is 1. The second-order valence-electron chi connectivity index (χ2n) is 4.05. The predicted octanol–water partition coefficient (Wildman–Crippen LogP) is 1.99. The van der Waals surface area contributed by atoms with Crippen LogP contribution in [0.5, 0.6) is 0 Å². The van der Waals surface area contributed by atoms with Crippen molar-refractivity contribution in [1.82, 2.24) is 10.2 Å². The lowest BCUT2D eigenvalue weighted by Gasteiger charge is -2.02. The highest BCUT2D eigenvalue weighted by Gasteiger charge is 2.22. The molecule has 0 aliphatic heterocycles. The van der Waals surface area contributed by atoms with Gasteiger partial charge < -0.3 is 9.15 Å². The van der Waals surface area contributed by atoms with Gasteiger partial charge in [0, 0.05) is 0 Å². The van der Waals surface area contributed by atoms with Crippen molar-refractivity contribution >= 4 is 27.8 Å². The van der Waals surface area contributed by atoms with Crippen LogP contribution in [0.25, 0.3) is 21.9 Å². The summed E-state index contributed by atoms with van der Waals surface area (Å²) >= 11 is 0. The van der Waals surface area contributed by atoms with Crippen molar-refractivity contribution in [2.75, 3.05) is 6.61 Å². The lowest BCUT2D eigenvalue weighted by molar-refractivity contribution is 0.0522. The van der Waals surface area contributed by atoms with Crippen LogP contribution in [0.15, 0.2) is 27.4 Å². The second-order valence-corrected chi connectivity index (χ2v) is 4.05. The number of hydrogen-bond acceptors (Lipinski definition) is 5. The van der Waals surface area contributed by atoms with Crippen LogP contribution in [-0.4, -0.2) is 22.8 Å². The van der Waals surface area contributed by atoms with Gasteiger partial charge in [0.2, 0.25) is 0 Å². The molecule has 6 nitrogen and oxygen atoms in total. The zero-order valence-corrected chi connectivity index (χ0v) is 10.4. The van der Waals surface area contributed by atoms with E-state index in [1.807, 2.05) is 0 Å². The van der Waals surface area contributed by atoms with Gasteiger partial charge in [0.15, 0.2) is 11.2 Å². The maximum absolute atomic E-state index is 14.0. The van der Waals surface area contributed by atoms with Crippen LogP contribution in [0.1, 0.15) is 17.4 Å². The number of benzene rings is 1. The summed E-state index contributed by atoms with van der Waals surface area (Å²) in [7, 11) is 0. The van der Waals surface area contributed by atoms with E-state index in [4.69, 9.17) is 9.15 Å². The zero-order chi connectivity index (χ0) is 14.3. The molecule has 0 spiro atoms. The Morgan fingerprint density at radius 3 is 3.00 bits per heavy atom. The molecule has 1 aromatic carbocycles. The van der Waals surface area contributed by atoms with Gasteiger partial charge in [0.25, 0.3) is 0 Å². The number of hydrogen-bond donors (Lipinski definition) is 1. The first-order valence-corrected chi connectivity index (χ1v) is 5.90. The fraction of sp³-hybridized carbons (Fsp3) is 0.154. The summed E-state index contributed by atoms with van der Waals surface area (Å²) in [6, 6.07) is 4.07. The Morgan fingerprint density at radius 2 is 2.25 bits per heavy atom. The summed E-state index contributed by atoms with van der Waals surface area (Å²) in [6.07, 6.45) is 0. The predicted molar refractivity (Wildman–Crippen MR) is 68.1 cm³/mol. The average molecular weight is 276 g/mol. The molecular formula is C13H9FN2O4. The Bertz CT molecular complexity index is 881. The molecular weight excluding hydrogens is 267 g/mol. The minimum atomic E-state index is -0.745. The molecule has 0 saturated carbocycles. The van der Waals surface area contributed by atoms with E-state index in [9.17, 15) is 14.0 Å². The van der Waals surface area contributed by atoms with Gasteiger partial charge in [-0.15, -0.1) is 0 Å². The molecule has 3 rings (SSSR count). The van der Waals surface area contributed by atoms with Gasteiger partial charge in [-0.2, -0.15) is 5.10 Å². The molecule has 0 aliphatic carbocycles. The summed E-state index contributed by atoms with van der Waals surface area (Å²) in [5, 5.41) is 6.22. The smallest absolute Gasteiger partial charge is 0.364 e. The monoisotopic (exact) mass is 276 g/mol. The Kier molecular flexibility index (Phi) is 2.74. The van der Waals surface area contributed by atoms with Crippen molar-refractivity contribution in [2.24, 2.45) is 0 Å². The number of carbonyl (C=O) groups is 1. The number of fused-ring (bicyclic) bond motifs is 3. The first-order chi connectivity index (χ1) is 9.63. The third-order valence-corrected chi connectivity index (χ3v) is 2.87. The van der Waals surface area contributed by atoms with Gasteiger partial charge in [-0.3, -0.25) is 5.10 Å². The van der Waals surface area contributed by atoms with E-state index in [2.05, 4.69) is 10.2 Å². The number of esters is 1. The first-order valence-electron chi connectivity index (χ1n) is 5.90. The van der Waals surface area contributed by atoms with Crippen molar-refractivity contribution in [2.45, 2.75) is 6.92 Å². The van der Waals surface area contributed by atoms with E-state index in [-0.39, 0.29) is 34.2 Å². The van der Waals surface area contributed by atoms with Crippen molar-refractivity contribution in [1.29, 1.82) is 0 Å². The lowest BCUT2D eigenvalue weighted by atomic mass is 10.1. The highest BCUT2D eigenvalue weighted by atomic mass is 19.1. The molecule has 20 heavy (non-hydrogen) atoms. The molecule has 0 saturated heterocycles. The van der Waals surface area contributed by atoms with Crippen LogP contribution >= 0.6 is 0 Å². The van der Waals surface area contributed by atoms with Crippen molar-refractivity contribution in [3.8, 4) is 0 Å². The van der Waals surface area contributed by atoms with Crippen molar-refractivity contribution in [3.05, 3.63) is 40.1 Å². The van der Waals surface area contributed by atoms with Crippen molar-refractivity contribution in [3.63, 3.8) is 0 Å². The highest BCUT2D eigenvalue weighted by Crippen LogP contribution is 2.27. The Morgan fingerprint density at radius 1 is 1.45 bits per heavy atom. The highest BCUT2D eigenvalue weighted by molar-refractivity contribution is 6.13. The average Bonchev–Trinajstić information content (AvgIpc) is 2.84. The molecule has 102 valence electrons. The fourth-order valence-corrected chi connectivity index (χ4v) is 2.06. The maximum atomic E-state index is 14.0. The SMILES string of the molecule is CCOC(=O)c1[nH]nc2c(=O)oc3cccc(F)c3c12. The van der Waals surface area contributed by atoms with E-state index >= 15 is 0 Å². The fourth-order valence-electron chi connectivity index (χ4n) is 2.06. The molecule has 1 N–H and O–H groups in total. The number of H-pyrrole nitrogens is 1. The quantitative estimate of drug-likeness (QED) is 0.571. The van der Waals surface area contributed by atoms with Crippen LogP contribution in [0, 0.1) is 5.82 Å². The summed E-state index contributed by atoms with van der Waals surface area (Å²) < 4.78 is 23.8. The molecule has 0 radical (unpaired) electrons. The minimum absolute atomic E-state index is 0.0268. The zero-order valence-electron chi connectivity index (χ0n) is 10.4. The van der Waals surface area contributed by atoms with Crippen molar-refractivity contribution < 1.29 is 18.3 Å². The molecule has 0 unspecified atom stereocenters.